The van der Waals surface area contributed by atoms with E-state index in [1.54, 1.807) is 0 Å². The molecular weight excluding hydrogens is 128 g/mol. The van der Waals surface area contributed by atoms with Crippen molar-refractivity contribution in [3.8, 4) is 0 Å². The van der Waals surface area contributed by atoms with Crippen LogP contribution in [0.25, 0.3) is 0 Å². The highest BCUT2D eigenvalue weighted by Crippen LogP contribution is 2.36. The van der Waals surface area contributed by atoms with Gasteiger partial charge in [0.05, 0.1) is 6.10 Å². The quantitative estimate of drug-likeness (QED) is 0.552. The van der Waals surface area contributed by atoms with Gasteiger partial charge in [-0.05, 0) is 31.6 Å². The zero-order valence-corrected chi connectivity index (χ0v) is 6.12. The fraction of sp³-hybridized carbons (Fsp3) is 1.00. The molecule has 0 spiro atoms. The summed E-state index contributed by atoms with van der Waals surface area (Å²) in [7, 11) is 0. The molecule has 2 aliphatic rings. The fourth-order valence-electron chi connectivity index (χ4n) is 2.14. The highest BCUT2D eigenvalue weighted by atomic mass is 16.6. The van der Waals surface area contributed by atoms with Crippen molar-refractivity contribution in [1.82, 2.24) is 0 Å². The van der Waals surface area contributed by atoms with E-state index in [9.17, 15) is 0 Å². The van der Waals surface area contributed by atoms with Gasteiger partial charge in [-0.1, -0.05) is 6.42 Å². The number of ether oxygens (including phenoxy) is 1. The highest BCUT2D eigenvalue weighted by molar-refractivity contribution is 4.81. The summed E-state index contributed by atoms with van der Waals surface area (Å²) in [6.07, 6.45) is 5.73. The van der Waals surface area contributed by atoms with Gasteiger partial charge in [-0.3, -0.25) is 0 Å². The summed E-state index contributed by atoms with van der Waals surface area (Å²) < 4.78 is 5.37. The molecule has 0 aromatic rings. The normalized spacial score (nSPS) is 47.1. The number of aliphatic hydroxyl groups is 1. The molecule has 10 heavy (non-hydrogen) atoms. The molecule has 2 heteroatoms. The van der Waals surface area contributed by atoms with Gasteiger partial charge < -0.3 is 9.84 Å². The molecule has 1 N–H and O–H groups in total. The van der Waals surface area contributed by atoms with Crippen LogP contribution in [0.4, 0.5) is 0 Å². The van der Waals surface area contributed by atoms with E-state index >= 15 is 0 Å². The van der Waals surface area contributed by atoms with Crippen molar-refractivity contribution >= 4 is 0 Å². The topological polar surface area (TPSA) is 29.5 Å². The summed E-state index contributed by atoms with van der Waals surface area (Å²) in [5.74, 6) is 0.767. The lowest BCUT2D eigenvalue weighted by molar-refractivity contribution is -0.174. The van der Waals surface area contributed by atoms with Crippen LogP contribution in [-0.2, 0) is 4.74 Å². The van der Waals surface area contributed by atoms with Gasteiger partial charge in [0.25, 0.3) is 0 Å². The Bertz CT molecular complexity index is 124. The summed E-state index contributed by atoms with van der Waals surface area (Å²) in [5.41, 5.74) is 0. The molecule has 1 saturated carbocycles. The average molecular weight is 142 g/mol. The van der Waals surface area contributed by atoms with E-state index in [4.69, 9.17) is 9.84 Å². The number of hydrogen-bond acceptors (Lipinski definition) is 2. The molecule has 0 aromatic heterocycles. The van der Waals surface area contributed by atoms with E-state index in [0.717, 1.165) is 12.3 Å². The summed E-state index contributed by atoms with van der Waals surface area (Å²) in [6.45, 7) is 0. The van der Waals surface area contributed by atoms with Crippen molar-refractivity contribution in [3.63, 3.8) is 0 Å². The van der Waals surface area contributed by atoms with E-state index in [1.807, 2.05) is 0 Å². The first-order valence-electron chi connectivity index (χ1n) is 4.20. The smallest absolute Gasteiger partial charge is 0.154 e. The van der Waals surface area contributed by atoms with E-state index in [1.165, 1.54) is 25.7 Å². The van der Waals surface area contributed by atoms with Gasteiger partial charge in [0.2, 0.25) is 0 Å². The predicted molar refractivity (Wildman–Crippen MR) is 37.5 cm³/mol. The Labute approximate surface area is 61.2 Å². The van der Waals surface area contributed by atoms with Crippen LogP contribution in [0, 0.1) is 5.92 Å². The Kier molecular flexibility index (Phi) is 1.66. The third-order valence-electron chi connectivity index (χ3n) is 2.71. The van der Waals surface area contributed by atoms with Crippen LogP contribution in [0.3, 0.4) is 0 Å². The third-order valence-corrected chi connectivity index (χ3v) is 2.71. The molecular formula is C8H14O2. The summed E-state index contributed by atoms with van der Waals surface area (Å²) in [4.78, 5) is 0. The van der Waals surface area contributed by atoms with E-state index in [0.29, 0.717) is 6.10 Å². The number of rotatable bonds is 0. The maximum Gasteiger partial charge on any atom is 0.154 e. The minimum absolute atomic E-state index is 0.392. The van der Waals surface area contributed by atoms with Crippen molar-refractivity contribution in [1.29, 1.82) is 0 Å². The molecule has 1 saturated heterocycles. The molecule has 2 rings (SSSR count). The molecule has 3 unspecified atom stereocenters. The van der Waals surface area contributed by atoms with Crippen molar-refractivity contribution in [2.45, 2.75) is 44.5 Å². The van der Waals surface area contributed by atoms with Gasteiger partial charge in [-0.25, -0.2) is 0 Å². The molecule has 0 radical (unpaired) electrons. The van der Waals surface area contributed by atoms with Gasteiger partial charge in [-0.2, -0.15) is 0 Å². The van der Waals surface area contributed by atoms with E-state index < -0.39 is 6.29 Å². The summed E-state index contributed by atoms with van der Waals surface area (Å²) in [5, 5.41) is 9.13. The van der Waals surface area contributed by atoms with Gasteiger partial charge in [0.1, 0.15) is 0 Å². The number of aliphatic hydroxyl groups excluding tert-OH is 1. The molecule has 0 bridgehead atoms. The molecule has 2 nitrogen and oxygen atoms in total. The van der Waals surface area contributed by atoms with Crippen LogP contribution in [0.1, 0.15) is 32.1 Å². The lowest BCUT2D eigenvalue weighted by atomic mass is 9.97. The predicted octanol–water partition coefficient (Wildman–Crippen LogP) is 1.28. The second-order valence-electron chi connectivity index (χ2n) is 3.40. The maximum atomic E-state index is 9.13. The molecule has 2 fully saturated rings. The van der Waals surface area contributed by atoms with Crippen LogP contribution in [0.15, 0.2) is 0 Å². The molecule has 1 aliphatic heterocycles. The molecule has 0 amide bonds. The second-order valence-corrected chi connectivity index (χ2v) is 3.40. The average Bonchev–Trinajstić information content (AvgIpc) is 2.33. The van der Waals surface area contributed by atoms with Crippen LogP contribution in [0.5, 0.6) is 0 Å². The number of fused-ring (bicyclic) bond motifs is 1. The Morgan fingerprint density at radius 2 is 2.00 bits per heavy atom. The highest BCUT2D eigenvalue weighted by Gasteiger charge is 2.33. The molecule has 1 heterocycles. The summed E-state index contributed by atoms with van der Waals surface area (Å²) >= 11 is 0. The lowest BCUT2D eigenvalue weighted by Crippen LogP contribution is -2.31. The first-order chi connectivity index (χ1) is 4.86. The Morgan fingerprint density at radius 3 is 2.90 bits per heavy atom. The first kappa shape index (κ1) is 6.62. The largest absolute Gasteiger partial charge is 0.368 e. The molecule has 0 aromatic carbocycles. The monoisotopic (exact) mass is 142 g/mol. The minimum atomic E-state index is -0.459. The van der Waals surface area contributed by atoms with Crippen molar-refractivity contribution in [3.05, 3.63) is 0 Å². The van der Waals surface area contributed by atoms with E-state index in [2.05, 4.69) is 0 Å². The number of hydrogen-bond donors (Lipinski definition) is 1. The minimum Gasteiger partial charge on any atom is -0.368 e. The Balaban J connectivity index is 1.96. The first-order valence-corrected chi connectivity index (χ1v) is 4.20. The Morgan fingerprint density at radius 1 is 1.10 bits per heavy atom. The summed E-state index contributed by atoms with van der Waals surface area (Å²) in [6, 6.07) is 0. The van der Waals surface area contributed by atoms with Crippen LogP contribution in [0.2, 0.25) is 0 Å². The molecule has 3 atom stereocenters. The van der Waals surface area contributed by atoms with Crippen molar-refractivity contribution < 1.29 is 9.84 Å². The van der Waals surface area contributed by atoms with Gasteiger partial charge in [0.15, 0.2) is 6.29 Å². The standard InChI is InChI=1S/C8H14O2/c9-8-5-4-6-2-1-3-7(6)10-8/h6-9H,1-5H2. The van der Waals surface area contributed by atoms with Crippen LogP contribution >= 0.6 is 0 Å². The van der Waals surface area contributed by atoms with Crippen LogP contribution in [-0.4, -0.2) is 17.5 Å². The second kappa shape index (κ2) is 2.51. The van der Waals surface area contributed by atoms with Gasteiger partial charge in [-0.15, -0.1) is 0 Å². The van der Waals surface area contributed by atoms with Crippen molar-refractivity contribution in [2.24, 2.45) is 5.92 Å². The fourth-order valence-corrected chi connectivity index (χ4v) is 2.14. The molecule has 58 valence electrons. The lowest BCUT2D eigenvalue weighted by Gasteiger charge is -2.29. The maximum absolute atomic E-state index is 9.13. The van der Waals surface area contributed by atoms with Gasteiger partial charge >= 0.3 is 0 Å². The third kappa shape index (κ3) is 1.06. The zero-order chi connectivity index (χ0) is 6.97. The van der Waals surface area contributed by atoms with Crippen molar-refractivity contribution in [2.75, 3.05) is 0 Å². The van der Waals surface area contributed by atoms with Gasteiger partial charge in [0, 0.05) is 0 Å². The molecule has 1 aliphatic carbocycles. The zero-order valence-electron chi connectivity index (χ0n) is 6.12. The Hall–Kier alpha value is -0.0800. The van der Waals surface area contributed by atoms with Crippen LogP contribution < -0.4 is 0 Å². The SMILES string of the molecule is OC1CCC2CCCC2O1. The van der Waals surface area contributed by atoms with E-state index in [-0.39, 0.29) is 0 Å².